The molecule has 106 valence electrons. The molecule has 0 aliphatic rings. The molecular weight excluding hydrogens is 256 g/mol. The van der Waals surface area contributed by atoms with Crippen LogP contribution in [0.3, 0.4) is 0 Å². The molecule has 5 nitrogen and oxygen atoms in total. The van der Waals surface area contributed by atoms with E-state index in [4.69, 9.17) is 10.00 Å². The van der Waals surface area contributed by atoms with Crippen molar-refractivity contribution >= 4 is 11.9 Å². The number of nitrogens with one attached hydrogen (secondary N) is 1. The van der Waals surface area contributed by atoms with Crippen LogP contribution in [0.5, 0.6) is 0 Å². The lowest BCUT2D eigenvalue weighted by Crippen LogP contribution is -2.39. The molecule has 1 amide bonds. The van der Waals surface area contributed by atoms with E-state index >= 15 is 0 Å². The van der Waals surface area contributed by atoms with Gasteiger partial charge in [0.2, 0.25) is 5.91 Å². The van der Waals surface area contributed by atoms with Crippen molar-refractivity contribution in [3.63, 3.8) is 0 Å². The molecule has 0 heterocycles. The Morgan fingerprint density at radius 1 is 1.25 bits per heavy atom. The number of carbonyl (C=O) groups is 2. The Labute approximate surface area is 118 Å². The molecule has 0 aliphatic carbocycles. The summed E-state index contributed by atoms with van der Waals surface area (Å²) in [5, 5.41) is 11.6. The monoisotopic (exact) mass is 274 g/mol. The van der Waals surface area contributed by atoms with E-state index in [9.17, 15) is 9.59 Å². The van der Waals surface area contributed by atoms with Gasteiger partial charge in [-0.15, -0.1) is 0 Å². The van der Waals surface area contributed by atoms with E-state index < -0.39 is 23.8 Å². The lowest BCUT2D eigenvalue weighted by Gasteiger charge is -2.20. The number of esters is 1. The predicted octanol–water partition coefficient (Wildman–Crippen LogP) is 1.81. The van der Waals surface area contributed by atoms with E-state index in [1.165, 1.54) is 7.11 Å². The van der Waals surface area contributed by atoms with Gasteiger partial charge in [0.25, 0.3) is 0 Å². The predicted molar refractivity (Wildman–Crippen MR) is 73.3 cm³/mol. The third-order valence-electron chi connectivity index (χ3n) is 2.94. The summed E-state index contributed by atoms with van der Waals surface area (Å²) in [4.78, 5) is 23.9. The normalized spacial score (nSPS) is 13.2. The lowest BCUT2D eigenvalue weighted by molar-refractivity contribution is -0.145. The highest BCUT2D eigenvalue weighted by Crippen LogP contribution is 2.17. The smallest absolute Gasteiger partial charge is 0.333 e. The fourth-order valence-electron chi connectivity index (χ4n) is 1.78. The Bertz CT molecular complexity index is 506. The topological polar surface area (TPSA) is 79.2 Å². The molecule has 1 aromatic rings. The second kappa shape index (κ2) is 7.29. The lowest BCUT2D eigenvalue weighted by atomic mass is 9.95. The largest absolute Gasteiger partial charge is 0.467 e. The highest BCUT2D eigenvalue weighted by Gasteiger charge is 2.28. The van der Waals surface area contributed by atoms with Crippen LogP contribution in [0.4, 0.5) is 0 Å². The number of nitriles is 1. The first-order valence-electron chi connectivity index (χ1n) is 6.34. The minimum atomic E-state index is -0.900. The van der Waals surface area contributed by atoms with Crippen molar-refractivity contribution in [1.29, 1.82) is 5.26 Å². The molecule has 2 atom stereocenters. The van der Waals surface area contributed by atoms with Crippen LogP contribution in [0, 0.1) is 23.2 Å². The molecule has 0 aliphatic heterocycles. The molecule has 0 saturated carbocycles. The quantitative estimate of drug-likeness (QED) is 0.830. The van der Waals surface area contributed by atoms with Gasteiger partial charge >= 0.3 is 5.97 Å². The summed E-state index contributed by atoms with van der Waals surface area (Å²) >= 11 is 0. The van der Waals surface area contributed by atoms with Gasteiger partial charge in [0.1, 0.15) is 5.92 Å². The summed E-state index contributed by atoms with van der Waals surface area (Å²) < 4.78 is 4.70. The number of rotatable bonds is 5. The number of methoxy groups -OCH3 is 1. The zero-order valence-corrected chi connectivity index (χ0v) is 11.8. The number of nitrogens with zero attached hydrogens (tertiary/aromatic N) is 1. The van der Waals surface area contributed by atoms with Crippen LogP contribution in [0.25, 0.3) is 0 Å². The van der Waals surface area contributed by atoms with E-state index in [1.54, 1.807) is 38.1 Å². The SMILES string of the molecule is COC(=O)C(NC(=O)C(C#N)C(C)C)c1ccccc1. The summed E-state index contributed by atoms with van der Waals surface area (Å²) in [6.45, 7) is 3.56. The summed E-state index contributed by atoms with van der Waals surface area (Å²) in [5.41, 5.74) is 0.619. The highest BCUT2D eigenvalue weighted by molar-refractivity contribution is 5.87. The number of benzene rings is 1. The first-order chi connectivity index (χ1) is 9.51. The third-order valence-corrected chi connectivity index (χ3v) is 2.94. The van der Waals surface area contributed by atoms with Crippen molar-refractivity contribution in [2.45, 2.75) is 19.9 Å². The van der Waals surface area contributed by atoms with E-state index in [0.717, 1.165) is 0 Å². The number of amides is 1. The zero-order chi connectivity index (χ0) is 15.1. The van der Waals surface area contributed by atoms with E-state index in [0.29, 0.717) is 5.56 Å². The second-order valence-corrected chi connectivity index (χ2v) is 4.73. The summed E-state index contributed by atoms with van der Waals surface area (Å²) in [5.74, 6) is -1.97. The van der Waals surface area contributed by atoms with Crippen LogP contribution in [-0.2, 0) is 14.3 Å². The van der Waals surface area contributed by atoms with Gasteiger partial charge in [0.15, 0.2) is 6.04 Å². The van der Waals surface area contributed by atoms with Gasteiger partial charge in [-0.3, -0.25) is 4.79 Å². The standard InChI is InChI=1S/C15H18N2O3/c1-10(2)12(9-16)14(18)17-13(15(19)20-3)11-7-5-4-6-8-11/h4-8,10,12-13H,1-3H3,(H,17,18). The first kappa shape index (κ1) is 15.7. The Kier molecular flexibility index (Phi) is 5.73. The molecule has 0 saturated heterocycles. The van der Waals surface area contributed by atoms with Gasteiger partial charge < -0.3 is 10.1 Å². The second-order valence-electron chi connectivity index (χ2n) is 4.73. The number of ether oxygens (including phenoxy) is 1. The molecule has 0 aromatic heterocycles. The maximum Gasteiger partial charge on any atom is 0.333 e. The van der Waals surface area contributed by atoms with Gasteiger partial charge in [-0.05, 0) is 11.5 Å². The summed E-state index contributed by atoms with van der Waals surface area (Å²) in [7, 11) is 1.26. The van der Waals surface area contributed by atoms with Gasteiger partial charge in [-0.2, -0.15) is 5.26 Å². The van der Waals surface area contributed by atoms with Crippen molar-refractivity contribution in [1.82, 2.24) is 5.32 Å². The van der Waals surface area contributed by atoms with Crippen LogP contribution in [0.2, 0.25) is 0 Å². The average molecular weight is 274 g/mol. The zero-order valence-electron chi connectivity index (χ0n) is 11.8. The molecule has 0 radical (unpaired) electrons. The number of hydrogen-bond donors (Lipinski definition) is 1. The van der Waals surface area contributed by atoms with Gasteiger partial charge in [0, 0.05) is 0 Å². The first-order valence-corrected chi connectivity index (χ1v) is 6.34. The van der Waals surface area contributed by atoms with Crippen LogP contribution in [0.15, 0.2) is 30.3 Å². The molecule has 1 rings (SSSR count). The van der Waals surface area contributed by atoms with Crippen molar-refractivity contribution in [2.75, 3.05) is 7.11 Å². The molecule has 2 unspecified atom stereocenters. The molecule has 0 bridgehead atoms. The van der Waals surface area contributed by atoms with E-state index in [1.807, 2.05) is 12.1 Å². The average Bonchev–Trinajstić information content (AvgIpc) is 2.45. The van der Waals surface area contributed by atoms with Crippen LogP contribution in [-0.4, -0.2) is 19.0 Å². The Morgan fingerprint density at radius 2 is 1.85 bits per heavy atom. The molecule has 1 aromatic carbocycles. The van der Waals surface area contributed by atoms with Gasteiger partial charge in [0.05, 0.1) is 13.2 Å². The molecule has 0 spiro atoms. The van der Waals surface area contributed by atoms with Crippen LogP contribution < -0.4 is 5.32 Å². The number of carbonyl (C=O) groups excluding carboxylic acids is 2. The Hall–Kier alpha value is -2.35. The minimum Gasteiger partial charge on any atom is -0.467 e. The van der Waals surface area contributed by atoms with Gasteiger partial charge in [-0.1, -0.05) is 44.2 Å². The molecule has 0 fully saturated rings. The van der Waals surface area contributed by atoms with E-state index in [-0.39, 0.29) is 5.92 Å². The molecular formula is C15H18N2O3. The van der Waals surface area contributed by atoms with Crippen LogP contribution >= 0.6 is 0 Å². The van der Waals surface area contributed by atoms with Gasteiger partial charge in [-0.25, -0.2) is 4.79 Å². The highest BCUT2D eigenvalue weighted by atomic mass is 16.5. The minimum absolute atomic E-state index is 0.130. The maximum absolute atomic E-state index is 12.1. The number of hydrogen-bond acceptors (Lipinski definition) is 4. The van der Waals surface area contributed by atoms with Crippen molar-refractivity contribution in [3.8, 4) is 6.07 Å². The van der Waals surface area contributed by atoms with Crippen LogP contribution in [0.1, 0.15) is 25.5 Å². The fourth-order valence-corrected chi connectivity index (χ4v) is 1.78. The van der Waals surface area contributed by atoms with Crippen molar-refractivity contribution in [3.05, 3.63) is 35.9 Å². The Balaban J connectivity index is 2.95. The molecule has 5 heteroatoms. The summed E-state index contributed by atoms with van der Waals surface area (Å²) in [6.07, 6.45) is 0. The Morgan fingerprint density at radius 3 is 2.30 bits per heavy atom. The van der Waals surface area contributed by atoms with Crippen molar-refractivity contribution in [2.24, 2.45) is 11.8 Å². The molecule has 20 heavy (non-hydrogen) atoms. The fraction of sp³-hybridized carbons (Fsp3) is 0.400. The molecule has 1 N–H and O–H groups in total. The maximum atomic E-state index is 12.1. The van der Waals surface area contributed by atoms with E-state index in [2.05, 4.69) is 5.32 Å². The summed E-state index contributed by atoms with van der Waals surface area (Å²) in [6, 6.07) is 9.84. The van der Waals surface area contributed by atoms with Crippen molar-refractivity contribution < 1.29 is 14.3 Å². The third kappa shape index (κ3) is 3.82.